The number of halogens is 1. The Morgan fingerprint density at radius 1 is 1.25 bits per heavy atom. The number of carbonyl (C=O) groups is 1. The molecule has 1 aromatic carbocycles. The second kappa shape index (κ2) is 8.07. The molecule has 5 heteroatoms. The molecule has 0 fully saturated rings. The number of hydrogen-bond donors (Lipinski definition) is 1. The van der Waals surface area contributed by atoms with Gasteiger partial charge in [-0.2, -0.15) is 0 Å². The van der Waals surface area contributed by atoms with Crippen LogP contribution < -0.4 is 5.32 Å². The average Bonchev–Trinajstić information content (AvgIpc) is 2.48. The third-order valence-corrected chi connectivity index (χ3v) is 4.07. The first kappa shape index (κ1) is 15.1. The van der Waals surface area contributed by atoms with Crippen molar-refractivity contribution in [3.8, 4) is 0 Å². The Morgan fingerprint density at radius 2 is 2.05 bits per heavy atom. The van der Waals surface area contributed by atoms with E-state index in [0.29, 0.717) is 11.8 Å². The summed E-state index contributed by atoms with van der Waals surface area (Å²) in [4.78, 5) is 16.7. The van der Waals surface area contributed by atoms with E-state index < -0.39 is 0 Å². The molecule has 1 heterocycles. The highest BCUT2D eigenvalue weighted by Crippen LogP contribution is 2.23. The summed E-state index contributed by atoms with van der Waals surface area (Å²) >= 11 is 5.00. The maximum atomic E-state index is 11.5. The topological polar surface area (TPSA) is 42.0 Å². The number of carbonyl (C=O) groups excluding carboxylic acids is 1. The molecule has 1 N–H and O–H groups in total. The number of aromatic nitrogens is 1. The average molecular weight is 351 g/mol. The summed E-state index contributed by atoms with van der Waals surface area (Å²) in [6.07, 6.45) is 4.14. The minimum Gasteiger partial charge on any atom is -0.326 e. The van der Waals surface area contributed by atoms with E-state index >= 15 is 0 Å². The van der Waals surface area contributed by atoms with Crippen LogP contribution in [-0.4, -0.2) is 16.2 Å². The molecule has 0 aliphatic heterocycles. The number of amides is 1. The lowest BCUT2D eigenvalue weighted by Crippen LogP contribution is -2.11. The number of hydrogen-bond acceptors (Lipinski definition) is 3. The van der Waals surface area contributed by atoms with Crippen molar-refractivity contribution in [1.82, 2.24) is 4.98 Å². The standard InChI is InChI=1S/C15H15BrN2OS/c16-8-7-15(19)18-13-3-5-14(6-4-13)20-11-12-2-1-9-17-10-12/h1-6,9-10H,7-8,11H2,(H,18,19). The maximum Gasteiger partial charge on any atom is 0.225 e. The second-order valence-corrected chi connectivity index (χ2v) is 6.00. The summed E-state index contributed by atoms with van der Waals surface area (Å²) < 4.78 is 0. The van der Waals surface area contributed by atoms with Gasteiger partial charge in [-0.1, -0.05) is 22.0 Å². The molecule has 0 spiro atoms. The van der Waals surface area contributed by atoms with E-state index in [1.165, 1.54) is 10.5 Å². The quantitative estimate of drug-likeness (QED) is 0.629. The molecule has 0 bridgehead atoms. The molecule has 20 heavy (non-hydrogen) atoms. The van der Waals surface area contributed by atoms with Gasteiger partial charge in [-0.25, -0.2) is 0 Å². The van der Waals surface area contributed by atoms with Gasteiger partial charge in [0.2, 0.25) is 5.91 Å². The van der Waals surface area contributed by atoms with Gasteiger partial charge >= 0.3 is 0 Å². The zero-order valence-corrected chi connectivity index (χ0v) is 13.3. The first-order valence-corrected chi connectivity index (χ1v) is 8.36. The van der Waals surface area contributed by atoms with Crippen molar-refractivity contribution in [2.45, 2.75) is 17.1 Å². The largest absolute Gasteiger partial charge is 0.326 e. The number of anilines is 1. The van der Waals surface area contributed by atoms with E-state index in [1.54, 1.807) is 18.0 Å². The monoisotopic (exact) mass is 350 g/mol. The molecule has 2 aromatic rings. The Morgan fingerprint density at radius 3 is 2.70 bits per heavy atom. The smallest absolute Gasteiger partial charge is 0.225 e. The summed E-state index contributed by atoms with van der Waals surface area (Å²) in [7, 11) is 0. The van der Waals surface area contributed by atoms with Crippen molar-refractivity contribution in [2.75, 3.05) is 10.6 Å². The lowest BCUT2D eigenvalue weighted by Gasteiger charge is -2.06. The van der Waals surface area contributed by atoms with Crippen LogP contribution >= 0.6 is 27.7 Å². The van der Waals surface area contributed by atoms with Crippen molar-refractivity contribution in [1.29, 1.82) is 0 Å². The van der Waals surface area contributed by atoms with Crippen LogP contribution in [0.4, 0.5) is 5.69 Å². The van der Waals surface area contributed by atoms with Crippen molar-refractivity contribution < 1.29 is 4.79 Å². The van der Waals surface area contributed by atoms with Crippen molar-refractivity contribution in [2.24, 2.45) is 0 Å². The predicted octanol–water partition coefficient (Wildman–Crippen LogP) is 4.10. The van der Waals surface area contributed by atoms with Gasteiger partial charge in [0.05, 0.1) is 0 Å². The van der Waals surface area contributed by atoms with Crippen LogP contribution in [0.15, 0.2) is 53.7 Å². The lowest BCUT2D eigenvalue weighted by molar-refractivity contribution is -0.115. The zero-order chi connectivity index (χ0) is 14.2. The molecule has 0 saturated carbocycles. The van der Waals surface area contributed by atoms with Crippen molar-refractivity contribution in [3.63, 3.8) is 0 Å². The summed E-state index contributed by atoms with van der Waals surface area (Å²) in [5.74, 6) is 0.918. The van der Waals surface area contributed by atoms with Crippen LogP contribution in [-0.2, 0) is 10.5 Å². The van der Waals surface area contributed by atoms with E-state index in [4.69, 9.17) is 0 Å². The Bertz CT molecular complexity index is 546. The van der Waals surface area contributed by atoms with Crippen LogP contribution in [0.25, 0.3) is 0 Å². The van der Waals surface area contributed by atoms with Gasteiger partial charge in [0.1, 0.15) is 0 Å². The van der Waals surface area contributed by atoms with Gasteiger partial charge in [-0.3, -0.25) is 9.78 Å². The molecule has 0 radical (unpaired) electrons. The van der Waals surface area contributed by atoms with E-state index in [0.717, 1.165) is 11.4 Å². The molecule has 2 rings (SSSR count). The molecule has 1 amide bonds. The third-order valence-electron chi connectivity index (χ3n) is 2.59. The minimum absolute atomic E-state index is 0.0256. The first-order chi connectivity index (χ1) is 9.78. The number of alkyl halides is 1. The fourth-order valence-corrected chi connectivity index (χ4v) is 2.79. The zero-order valence-electron chi connectivity index (χ0n) is 10.9. The molecule has 3 nitrogen and oxygen atoms in total. The highest BCUT2D eigenvalue weighted by atomic mass is 79.9. The molecule has 0 saturated heterocycles. The number of thioether (sulfide) groups is 1. The van der Waals surface area contributed by atoms with Gasteiger partial charge in [-0.05, 0) is 35.9 Å². The Kier molecular flexibility index (Phi) is 6.08. The summed E-state index contributed by atoms with van der Waals surface area (Å²) in [5, 5.41) is 3.53. The number of nitrogens with zero attached hydrogens (tertiary/aromatic N) is 1. The molecule has 0 aliphatic carbocycles. The van der Waals surface area contributed by atoms with Gasteiger partial charge in [0.15, 0.2) is 0 Å². The lowest BCUT2D eigenvalue weighted by atomic mass is 10.3. The normalized spacial score (nSPS) is 10.2. The summed E-state index contributed by atoms with van der Waals surface area (Å²) in [6.45, 7) is 0. The van der Waals surface area contributed by atoms with E-state index in [9.17, 15) is 4.79 Å². The number of nitrogens with one attached hydrogen (secondary N) is 1. The van der Waals surface area contributed by atoms with Crippen LogP contribution in [0.2, 0.25) is 0 Å². The number of rotatable bonds is 6. The van der Waals surface area contributed by atoms with Crippen molar-refractivity contribution in [3.05, 3.63) is 54.4 Å². The second-order valence-electron chi connectivity index (χ2n) is 4.16. The van der Waals surface area contributed by atoms with E-state index in [-0.39, 0.29) is 5.91 Å². The fourth-order valence-electron chi connectivity index (χ4n) is 1.59. The Balaban J connectivity index is 1.87. The highest BCUT2D eigenvalue weighted by Gasteiger charge is 2.01. The van der Waals surface area contributed by atoms with E-state index in [1.807, 2.05) is 36.5 Å². The van der Waals surface area contributed by atoms with Crippen LogP contribution in [0.5, 0.6) is 0 Å². The molecule has 0 atom stereocenters. The molecule has 104 valence electrons. The molecule has 0 unspecified atom stereocenters. The van der Waals surface area contributed by atoms with Crippen LogP contribution in [0, 0.1) is 0 Å². The predicted molar refractivity (Wildman–Crippen MR) is 87.3 cm³/mol. The van der Waals surface area contributed by atoms with Gasteiger partial charge in [0, 0.05) is 40.5 Å². The summed E-state index contributed by atoms with van der Waals surface area (Å²) in [5.41, 5.74) is 2.04. The molecule has 1 aromatic heterocycles. The maximum absolute atomic E-state index is 11.5. The number of pyridine rings is 1. The molecular formula is C15H15BrN2OS. The highest BCUT2D eigenvalue weighted by molar-refractivity contribution is 9.09. The van der Waals surface area contributed by atoms with Crippen LogP contribution in [0.1, 0.15) is 12.0 Å². The fraction of sp³-hybridized carbons (Fsp3) is 0.200. The van der Waals surface area contributed by atoms with Gasteiger partial charge in [-0.15, -0.1) is 11.8 Å². The van der Waals surface area contributed by atoms with E-state index in [2.05, 4.69) is 32.3 Å². The van der Waals surface area contributed by atoms with Gasteiger partial charge < -0.3 is 5.32 Å². The Hall–Kier alpha value is -1.33. The minimum atomic E-state index is 0.0256. The third kappa shape index (κ3) is 4.98. The van der Waals surface area contributed by atoms with Gasteiger partial charge in [0.25, 0.3) is 0 Å². The molecule has 0 aliphatic rings. The SMILES string of the molecule is O=C(CCBr)Nc1ccc(SCc2cccnc2)cc1. The summed E-state index contributed by atoms with van der Waals surface area (Å²) in [6, 6.07) is 11.9. The van der Waals surface area contributed by atoms with Crippen molar-refractivity contribution >= 4 is 39.3 Å². The molecular weight excluding hydrogens is 336 g/mol. The first-order valence-electron chi connectivity index (χ1n) is 6.25. The van der Waals surface area contributed by atoms with Crippen LogP contribution in [0.3, 0.4) is 0 Å². The number of benzene rings is 1. The Labute approximate surface area is 131 Å².